The number of piperidine rings is 2. The fourth-order valence-corrected chi connectivity index (χ4v) is 5.62. The molecule has 138 valence electrons. The lowest BCUT2D eigenvalue weighted by atomic mass is 9.89. The molecule has 2 aliphatic rings. The van der Waals surface area contributed by atoms with Gasteiger partial charge in [0.15, 0.2) is 14.6 Å². The van der Waals surface area contributed by atoms with Gasteiger partial charge in [0.05, 0.1) is 0 Å². The third-order valence-corrected chi connectivity index (χ3v) is 7.69. The fourth-order valence-electron chi connectivity index (χ4n) is 4.23. The molecular formula is C19H28N2O3S. The number of sulfone groups is 1. The van der Waals surface area contributed by atoms with E-state index in [1.54, 1.807) is 0 Å². The molecule has 1 unspecified atom stereocenters. The number of carbonyl (C=O) groups is 1. The van der Waals surface area contributed by atoms with E-state index in [0.29, 0.717) is 44.9 Å². The molecule has 0 aliphatic carbocycles. The molecule has 2 fully saturated rings. The van der Waals surface area contributed by atoms with E-state index in [-0.39, 0.29) is 5.91 Å². The molecule has 0 aromatic heterocycles. The number of benzene rings is 1. The number of carbonyl (C=O) groups excluding carboxylic acids is 1. The third-order valence-electron chi connectivity index (χ3n) is 5.68. The number of rotatable bonds is 4. The van der Waals surface area contributed by atoms with Gasteiger partial charge in [-0.25, -0.2) is 8.42 Å². The van der Waals surface area contributed by atoms with Crippen LogP contribution in [-0.2, 0) is 21.1 Å². The highest BCUT2D eigenvalue weighted by Crippen LogP contribution is 2.32. The fraction of sp³-hybridized carbons (Fsp3) is 0.632. The smallest absolute Gasteiger partial charge is 0.244 e. The third kappa shape index (κ3) is 3.90. The van der Waals surface area contributed by atoms with Gasteiger partial charge in [-0.3, -0.25) is 4.79 Å². The van der Waals surface area contributed by atoms with Crippen molar-refractivity contribution >= 4 is 15.7 Å². The molecule has 2 saturated heterocycles. The number of nitrogens with one attached hydrogen (secondary N) is 1. The summed E-state index contributed by atoms with van der Waals surface area (Å²) in [5.41, 5.74) is 1.28. The number of amides is 1. The Balaban J connectivity index is 1.74. The summed E-state index contributed by atoms with van der Waals surface area (Å²) in [5.74, 6) is 0.229. The minimum absolute atomic E-state index is 0.172. The van der Waals surface area contributed by atoms with Gasteiger partial charge >= 0.3 is 0 Å². The number of hydrogen-bond donors (Lipinski definition) is 1. The van der Waals surface area contributed by atoms with Crippen molar-refractivity contribution in [1.29, 1.82) is 0 Å². The molecule has 1 atom stereocenters. The van der Waals surface area contributed by atoms with Crippen molar-refractivity contribution in [3.63, 3.8) is 0 Å². The molecule has 1 N–H and O–H groups in total. The van der Waals surface area contributed by atoms with Crippen LogP contribution in [-0.4, -0.2) is 56.4 Å². The van der Waals surface area contributed by atoms with Crippen LogP contribution in [0.4, 0.5) is 0 Å². The highest BCUT2D eigenvalue weighted by Gasteiger charge is 2.50. The van der Waals surface area contributed by atoms with Gasteiger partial charge in [-0.1, -0.05) is 30.3 Å². The molecule has 3 rings (SSSR count). The summed E-state index contributed by atoms with van der Waals surface area (Å²) in [5, 5.41) is 3.18. The van der Waals surface area contributed by atoms with E-state index < -0.39 is 14.6 Å². The monoisotopic (exact) mass is 364 g/mol. The first-order valence-corrected chi connectivity index (χ1v) is 11.1. The minimum Gasteiger partial charge on any atom is -0.341 e. The van der Waals surface area contributed by atoms with Crippen LogP contribution < -0.4 is 5.32 Å². The van der Waals surface area contributed by atoms with Crippen LogP contribution in [0.15, 0.2) is 30.3 Å². The standard InChI is InChI=1S/C19H28N2O3S/c1-25(23,24)19(9-11-20-12-10-19)18(22)21-13-5-8-17(15-21)14-16-6-3-2-4-7-16/h2-4,6-7,17,20H,5,8-15H2,1H3. The highest BCUT2D eigenvalue weighted by atomic mass is 32.2. The second-order valence-electron chi connectivity index (χ2n) is 7.47. The van der Waals surface area contributed by atoms with Crippen LogP contribution in [0.2, 0.25) is 0 Å². The average molecular weight is 365 g/mol. The van der Waals surface area contributed by atoms with Crippen molar-refractivity contribution in [3.8, 4) is 0 Å². The van der Waals surface area contributed by atoms with Crippen molar-refractivity contribution in [3.05, 3.63) is 35.9 Å². The maximum atomic E-state index is 13.2. The summed E-state index contributed by atoms with van der Waals surface area (Å²) in [7, 11) is -3.44. The van der Waals surface area contributed by atoms with Gasteiger partial charge in [-0.05, 0) is 56.7 Å². The van der Waals surface area contributed by atoms with E-state index in [2.05, 4.69) is 17.4 Å². The van der Waals surface area contributed by atoms with Gasteiger partial charge in [-0.2, -0.15) is 0 Å². The second kappa shape index (κ2) is 7.46. The Morgan fingerprint density at radius 2 is 1.92 bits per heavy atom. The van der Waals surface area contributed by atoms with Crippen LogP contribution in [0, 0.1) is 5.92 Å². The predicted octanol–water partition coefficient (Wildman–Crippen LogP) is 1.63. The van der Waals surface area contributed by atoms with Crippen LogP contribution in [0.3, 0.4) is 0 Å². The second-order valence-corrected chi connectivity index (χ2v) is 9.79. The molecule has 25 heavy (non-hydrogen) atoms. The largest absolute Gasteiger partial charge is 0.341 e. The Labute approximate surface area is 150 Å². The van der Waals surface area contributed by atoms with Gasteiger partial charge < -0.3 is 10.2 Å². The molecule has 2 aliphatic heterocycles. The van der Waals surface area contributed by atoms with Crippen LogP contribution >= 0.6 is 0 Å². The normalized spacial score (nSPS) is 24.0. The first-order chi connectivity index (χ1) is 11.9. The maximum Gasteiger partial charge on any atom is 0.244 e. The molecule has 0 bridgehead atoms. The van der Waals surface area contributed by atoms with Crippen molar-refractivity contribution in [2.24, 2.45) is 5.92 Å². The zero-order chi connectivity index (χ0) is 17.9. The Kier molecular flexibility index (Phi) is 5.49. The van der Waals surface area contributed by atoms with E-state index in [9.17, 15) is 13.2 Å². The lowest BCUT2D eigenvalue weighted by Gasteiger charge is -2.41. The van der Waals surface area contributed by atoms with Crippen molar-refractivity contribution in [2.75, 3.05) is 32.4 Å². The summed E-state index contributed by atoms with van der Waals surface area (Å²) in [6.45, 7) is 2.51. The molecular weight excluding hydrogens is 336 g/mol. The van der Waals surface area contributed by atoms with Gasteiger partial charge in [0.1, 0.15) is 0 Å². The van der Waals surface area contributed by atoms with Gasteiger partial charge in [-0.15, -0.1) is 0 Å². The number of hydrogen-bond acceptors (Lipinski definition) is 4. The van der Waals surface area contributed by atoms with E-state index in [1.165, 1.54) is 11.8 Å². The van der Waals surface area contributed by atoms with Crippen LogP contribution in [0.5, 0.6) is 0 Å². The Morgan fingerprint density at radius 1 is 1.24 bits per heavy atom. The summed E-state index contributed by atoms with van der Waals surface area (Å²) in [6.07, 6.45) is 4.96. The molecule has 1 aromatic rings. The molecule has 0 spiro atoms. The topological polar surface area (TPSA) is 66.5 Å². The van der Waals surface area contributed by atoms with E-state index in [0.717, 1.165) is 19.3 Å². The first-order valence-electron chi connectivity index (χ1n) is 9.16. The summed E-state index contributed by atoms with van der Waals surface area (Å²) < 4.78 is 23.8. The number of likely N-dealkylation sites (tertiary alicyclic amines) is 1. The zero-order valence-corrected chi connectivity index (χ0v) is 15.7. The quantitative estimate of drug-likeness (QED) is 0.882. The average Bonchev–Trinajstić information content (AvgIpc) is 2.62. The van der Waals surface area contributed by atoms with Crippen LogP contribution in [0.25, 0.3) is 0 Å². The summed E-state index contributed by atoms with van der Waals surface area (Å²) in [4.78, 5) is 15.1. The first kappa shape index (κ1) is 18.4. The Morgan fingerprint density at radius 3 is 2.56 bits per heavy atom. The van der Waals surface area contributed by atoms with Crippen molar-refractivity contribution in [1.82, 2.24) is 10.2 Å². The SMILES string of the molecule is CS(=O)(=O)C1(C(=O)N2CCCC(Cc3ccccc3)C2)CCNCC1. The van der Waals surface area contributed by atoms with E-state index >= 15 is 0 Å². The molecule has 5 nitrogen and oxygen atoms in total. The van der Waals surface area contributed by atoms with Gasteiger partial charge in [0.2, 0.25) is 5.91 Å². The maximum absolute atomic E-state index is 13.2. The highest BCUT2D eigenvalue weighted by molar-refractivity contribution is 7.92. The van der Waals surface area contributed by atoms with Crippen LogP contribution in [0.1, 0.15) is 31.2 Å². The van der Waals surface area contributed by atoms with E-state index in [4.69, 9.17) is 0 Å². The molecule has 6 heteroatoms. The lowest BCUT2D eigenvalue weighted by Crippen LogP contribution is -2.59. The predicted molar refractivity (Wildman–Crippen MR) is 99.1 cm³/mol. The molecule has 0 saturated carbocycles. The Hall–Kier alpha value is -1.40. The van der Waals surface area contributed by atoms with Crippen molar-refractivity contribution < 1.29 is 13.2 Å². The Bertz CT molecular complexity index is 697. The van der Waals surface area contributed by atoms with E-state index in [1.807, 2.05) is 23.1 Å². The summed E-state index contributed by atoms with van der Waals surface area (Å²) in [6, 6.07) is 10.3. The lowest BCUT2D eigenvalue weighted by molar-refractivity contribution is -0.136. The molecule has 1 aromatic carbocycles. The molecule has 0 radical (unpaired) electrons. The summed E-state index contributed by atoms with van der Waals surface area (Å²) >= 11 is 0. The molecule has 2 heterocycles. The van der Waals surface area contributed by atoms with Crippen molar-refractivity contribution in [2.45, 2.75) is 36.9 Å². The minimum atomic E-state index is -3.44. The molecule has 1 amide bonds. The number of nitrogens with zero attached hydrogens (tertiary/aromatic N) is 1. The zero-order valence-electron chi connectivity index (χ0n) is 14.9. The van der Waals surface area contributed by atoms with Gasteiger partial charge in [0.25, 0.3) is 0 Å². The van der Waals surface area contributed by atoms with Gasteiger partial charge in [0, 0.05) is 19.3 Å².